The first-order valence-corrected chi connectivity index (χ1v) is 9.71. The van der Waals surface area contributed by atoms with Gasteiger partial charge in [0.25, 0.3) is 0 Å². The van der Waals surface area contributed by atoms with Crippen molar-refractivity contribution in [1.82, 2.24) is 4.90 Å². The predicted octanol–water partition coefficient (Wildman–Crippen LogP) is 4.41. The molecule has 3 heteroatoms. The number of hydrogen-bond acceptors (Lipinski definition) is 1. The average molecular weight is 364 g/mol. The lowest BCUT2D eigenvalue weighted by Gasteiger charge is -2.34. The van der Waals surface area contributed by atoms with Crippen LogP contribution in [0.25, 0.3) is 0 Å². The van der Waals surface area contributed by atoms with E-state index in [2.05, 4.69) is 60.0 Å². The molecule has 3 fully saturated rings. The largest absolute Gasteiger partial charge is 0.372 e. The van der Waals surface area contributed by atoms with Crippen molar-refractivity contribution in [2.24, 2.45) is 11.8 Å². The second-order valence-electron chi connectivity index (χ2n) is 7.92. The first-order chi connectivity index (χ1) is 10.5. The molecule has 2 aliphatic heterocycles. The second-order valence-corrected chi connectivity index (χ2v) is 8.77. The third kappa shape index (κ3) is 2.08. The van der Waals surface area contributed by atoms with Crippen LogP contribution < -0.4 is 0 Å². The Hall–Kier alpha value is -0.540. The Morgan fingerprint density at radius 2 is 1.82 bits per heavy atom. The van der Waals surface area contributed by atoms with Crippen molar-refractivity contribution in [2.45, 2.75) is 45.1 Å². The molecule has 0 aromatic rings. The van der Waals surface area contributed by atoms with Crippen LogP contribution in [0.5, 0.6) is 0 Å². The number of nitrogens with zero attached hydrogens (tertiary/aromatic N) is 2. The third-order valence-electron chi connectivity index (χ3n) is 6.83. The van der Waals surface area contributed by atoms with Crippen molar-refractivity contribution in [3.8, 4) is 0 Å². The number of likely N-dealkylation sites (tertiary alicyclic amines) is 1. The van der Waals surface area contributed by atoms with Crippen molar-refractivity contribution >= 4 is 15.9 Å². The SMILES string of the molecule is CC[N+]1(C)C2=C(Br)C=CC(N3CCC(C4CC4)CC3)=CC21C. The molecule has 0 bridgehead atoms. The Morgan fingerprint density at radius 3 is 2.41 bits per heavy atom. The second kappa shape index (κ2) is 4.98. The minimum atomic E-state index is 0.180. The molecule has 0 spiro atoms. The lowest BCUT2D eigenvalue weighted by atomic mass is 9.91. The molecule has 2 saturated heterocycles. The summed E-state index contributed by atoms with van der Waals surface area (Å²) in [6, 6.07) is 0. The summed E-state index contributed by atoms with van der Waals surface area (Å²) in [5.74, 6) is 2.09. The van der Waals surface area contributed by atoms with Crippen molar-refractivity contribution < 1.29 is 4.48 Å². The van der Waals surface area contributed by atoms with Gasteiger partial charge < -0.3 is 4.90 Å². The van der Waals surface area contributed by atoms with Crippen molar-refractivity contribution in [3.63, 3.8) is 0 Å². The Labute approximate surface area is 143 Å². The normalized spacial score (nSPS) is 38.7. The van der Waals surface area contributed by atoms with Gasteiger partial charge in [-0.2, -0.15) is 0 Å². The van der Waals surface area contributed by atoms with Gasteiger partial charge in [-0.25, -0.2) is 0 Å². The number of halogens is 1. The molecule has 22 heavy (non-hydrogen) atoms. The smallest absolute Gasteiger partial charge is 0.197 e. The molecule has 120 valence electrons. The molecule has 0 aromatic carbocycles. The highest BCUT2D eigenvalue weighted by Gasteiger charge is 2.70. The van der Waals surface area contributed by atoms with E-state index < -0.39 is 0 Å². The minimum Gasteiger partial charge on any atom is -0.372 e. The summed E-state index contributed by atoms with van der Waals surface area (Å²) in [6.45, 7) is 8.34. The van der Waals surface area contributed by atoms with E-state index in [1.165, 1.54) is 54.6 Å². The van der Waals surface area contributed by atoms with Crippen LogP contribution >= 0.6 is 15.9 Å². The molecule has 0 N–H and O–H groups in total. The number of piperidine rings is 1. The summed E-state index contributed by atoms with van der Waals surface area (Å²) < 4.78 is 2.35. The maximum Gasteiger partial charge on any atom is 0.197 e. The van der Waals surface area contributed by atoms with Crippen LogP contribution in [0, 0.1) is 11.8 Å². The van der Waals surface area contributed by atoms with Crippen LogP contribution in [0.2, 0.25) is 0 Å². The number of hydrogen-bond donors (Lipinski definition) is 0. The van der Waals surface area contributed by atoms with Crippen LogP contribution in [-0.4, -0.2) is 41.6 Å². The Kier molecular flexibility index (Phi) is 3.40. The summed E-state index contributed by atoms with van der Waals surface area (Å²) in [6.07, 6.45) is 12.9. The van der Waals surface area contributed by atoms with Crippen LogP contribution in [0.4, 0.5) is 0 Å². The number of fused-ring (bicyclic) bond motifs is 1. The zero-order chi connectivity index (χ0) is 15.5. The molecule has 2 aliphatic carbocycles. The van der Waals surface area contributed by atoms with E-state index in [0.717, 1.165) is 22.9 Å². The van der Waals surface area contributed by atoms with E-state index in [-0.39, 0.29) is 5.54 Å². The Morgan fingerprint density at radius 1 is 1.18 bits per heavy atom. The first-order valence-electron chi connectivity index (χ1n) is 8.92. The highest BCUT2D eigenvalue weighted by atomic mass is 79.9. The number of rotatable bonds is 3. The van der Waals surface area contributed by atoms with Gasteiger partial charge in [0.05, 0.1) is 18.1 Å². The van der Waals surface area contributed by atoms with E-state index in [4.69, 9.17) is 0 Å². The zero-order valence-electron chi connectivity index (χ0n) is 14.1. The molecule has 4 rings (SSSR count). The number of allylic oxidation sites excluding steroid dienone is 3. The first kappa shape index (κ1) is 15.0. The van der Waals surface area contributed by atoms with Gasteiger partial charge in [-0.05, 0) is 72.5 Å². The van der Waals surface area contributed by atoms with Gasteiger partial charge in [-0.1, -0.05) is 0 Å². The van der Waals surface area contributed by atoms with Gasteiger partial charge in [-0.3, -0.25) is 4.48 Å². The molecule has 2 unspecified atom stereocenters. The van der Waals surface area contributed by atoms with E-state index in [0.29, 0.717) is 0 Å². The van der Waals surface area contributed by atoms with Gasteiger partial charge in [0.1, 0.15) is 0 Å². The summed E-state index contributed by atoms with van der Waals surface area (Å²) in [5.41, 5.74) is 3.16. The zero-order valence-corrected chi connectivity index (χ0v) is 15.7. The van der Waals surface area contributed by atoms with E-state index in [1.54, 1.807) is 0 Å². The molecule has 1 saturated carbocycles. The van der Waals surface area contributed by atoms with Gasteiger partial charge in [0, 0.05) is 31.8 Å². The van der Waals surface area contributed by atoms with Gasteiger partial charge in [-0.15, -0.1) is 0 Å². The van der Waals surface area contributed by atoms with E-state index in [1.807, 2.05) is 0 Å². The fourth-order valence-electron chi connectivity index (χ4n) is 4.83. The highest BCUT2D eigenvalue weighted by molar-refractivity contribution is 9.11. The van der Waals surface area contributed by atoms with Crippen LogP contribution in [0.1, 0.15) is 39.5 Å². The molecule has 2 heterocycles. The molecule has 0 radical (unpaired) electrons. The lowest BCUT2D eigenvalue weighted by molar-refractivity contribution is -0.783. The molecular formula is C19H28BrN2+. The minimum absolute atomic E-state index is 0.180. The molecule has 4 aliphatic rings. The van der Waals surface area contributed by atoms with Gasteiger partial charge in [0.15, 0.2) is 11.2 Å². The molecular weight excluding hydrogens is 336 g/mol. The maximum atomic E-state index is 3.81. The van der Waals surface area contributed by atoms with E-state index >= 15 is 0 Å². The monoisotopic (exact) mass is 363 g/mol. The van der Waals surface area contributed by atoms with Crippen molar-refractivity contribution in [1.29, 1.82) is 0 Å². The number of likely N-dealkylation sites (N-methyl/N-ethyl adjacent to an activating group) is 1. The summed E-state index contributed by atoms with van der Waals surface area (Å²) >= 11 is 3.81. The van der Waals surface area contributed by atoms with Gasteiger partial charge >= 0.3 is 0 Å². The number of quaternary nitrogens is 1. The Bertz CT molecular complexity index is 578. The summed E-state index contributed by atoms with van der Waals surface area (Å²) in [7, 11) is 2.36. The molecule has 2 atom stereocenters. The van der Waals surface area contributed by atoms with Gasteiger partial charge in [0.2, 0.25) is 0 Å². The molecule has 0 amide bonds. The average Bonchev–Trinajstić information content (AvgIpc) is 3.41. The fourth-order valence-corrected chi connectivity index (χ4v) is 5.75. The van der Waals surface area contributed by atoms with E-state index in [9.17, 15) is 0 Å². The third-order valence-corrected chi connectivity index (χ3v) is 7.47. The topological polar surface area (TPSA) is 3.24 Å². The fraction of sp³-hybridized carbons (Fsp3) is 0.684. The Balaban J connectivity index is 1.55. The quantitative estimate of drug-likeness (QED) is 0.530. The highest BCUT2D eigenvalue weighted by Crippen LogP contribution is 2.58. The summed E-state index contributed by atoms with van der Waals surface area (Å²) in [5, 5.41) is 0. The summed E-state index contributed by atoms with van der Waals surface area (Å²) in [4.78, 5) is 2.63. The van der Waals surface area contributed by atoms with Crippen LogP contribution in [0.15, 0.2) is 34.1 Å². The molecule has 0 aromatic heterocycles. The van der Waals surface area contributed by atoms with Crippen LogP contribution in [0.3, 0.4) is 0 Å². The molecule has 2 nitrogen and oxygen atoms in total. The standard InChI is InChI=1S/C19H28BrN2/c1-4-22(3)18-17(20)8-7-16(13-19(18,22)2)21-11-9-15(10-12-21)14-5-6-14/h7-8,13-15H,4-6,9-12H2,1-3H3/q+1. The van der Waals surface area contributed by atoms with Crippen molar-refractivity contribution in [2.75, 3.05) is 26.7 Å². The predicted molar refractivity (Wildman–Crippen MR) is 95.3 cm³/mol. The van der Waals surface area contributed by atoms with Crippen LogP contribution in [-0.2, 0) is 0 Å². The maximum absolute atomic E-state index is 3.81. The van der Waals surface area contributed by atoms with Crippen molar-refractivity contribution in [3.05, 3.63) is 34.1 Å². The lowest BCUT2D eigenvalue weighted by Crippen LogP contribution is -2.35.